The van der Waals surface area contributed by atoms with Crippen LogP contribution in [0, 0.1) is 23.4 Å². The van der Waals surface area contributed by atoms with Crippen LogP contribution in [-0.2, 0) is 41.1 Å². The van der Waals surface area contributed by atoms with E-state index in [4.69, 9.17) is 0 Å². The van der Waals surface area contributed by atoms with Crippen LogP contribution in [0.25, 0.3) is 0 Å². The number of piperidine rings is 1. The van der Waals surface area contributed by atoms with Crippen LogP contribution in [0.1, 0.15) is 62.1 Å². The van der Waals surface area contributed by atoms with Crippen molar-refractivity contribution in [3.05, 3.63) is 101 Å². The van der Waals surface area contributed by atoms with E-state index in [1.54, 1.807) is 4.90 Å². The fourth-order valence-corrected chi connectivity index (χ4v) is 9.32. The number of likely N-dealkylation sites (tertiary alicyclic amines) is 1. The highest BCUT2D eigenvalue weighted by Gasteiger charge is 2.73. The summed E-state index contributed by atoms with van der Waals surface area (Å²) in [6.45, 7) is 0.449. The van der Waals surface area contributed by atoms with Gasteiger partial charge in [0.1, 0.15) is 22.2 Å². The largest absolute Gasteiger partial charge is 0.430 e. The van der Waals surface area contributed by atoms with Gasteiger partial charge in [0.05, 0.1) is 11.5 Å². The van der Waals surface area contributed by atoms with E-state index in [0.29, 0.717) is 50.2 Å². The van der Waals surface area contributed by atoms with Crippen molar-refractivity contribution in [3.63, 3.8) is 0 Å². The lowest BCUT2D eigenvalue weighted by Gasteiger charge is -2.41. The van der Waals surface area contributed by atoms with E-state index in [9.17, 15) is 57.5 Å². The topological polar surface area (TPSA) is 92.8 Å². The molecule has 0 unspecified atom stereocenters. The number of amides is 2. The lowest BCUT2D eigenvalue weighted by atomic mass is 9.79. The maximum atomic E-state index is 14.6. The first-order valence-corrected chi connectivity index (χ1v) is 18.1. The van der Waals surface area contributed by atoms with Gasteiger partial charge in [-0.05, 0) is 80.5 Å². The molecule has 0 spiro atoms. The number of halogens is 9. The number of nitrogens with zero attached hydrogens (tertiary/aromatic N) is 1. The molecule has 1 heterocycles. The molecule has 1 aliphatic heterocycles. The first-order chi connectivity index (χ1) is 24.7. The van der Waals surface area contributed by atoms with E-state index in [1.165, 1.54) is 6.92 Å². The van der Waals surface area contributed by atoms with Gasteiger partial charge in [-0.1, -0.05) is 30.3 Å². The van der Waals surface area contributed by atoms with Gasteiger partial charge in [0.25, 0.3) is 5.60 Å². The highest BCUT2D eigenvalue weighted by molar-refractivity contribution is 7.92. The molecule has 2 fully saturated rings. The van der Waals surface area contributed by atoms with Gasteiger partial charge in [-0.3, -0.25) is 9.59 Å². The third-order valence-corrected chi connectivity index (χ3v) is 12.8. The fraction of sp³-hybridized carbons (Fsp3) is 0.444. The summed E-state index contributed by atoms with van der Waals surface area (Å²) in [5.41, 5.74) is -7.95. The lowest BCUT2D eigenvalue weighted by molar-refractivity contribution is -0.392. The zero-order valence-corrected chi connectivity index (χ0v) is 29.0. The molecular formula is C36H35F9N2O5S. The van der Waals surface area contributed by atoms with Crippen LogP contribution < -0.4 is 5.32 Å². The van der Waals surface area contributed by atoms with Crippen LogP contribution in [-0.4, -0.2) is 56.6 Å². The van der Waals surface area contributed by atoms with Crippen molar-refractivity contribution >= 4 is 21.7 Å². The van der Waals surface area contributed by atoms with E-state index in [1.807, 2.05) is 0 Å². The van der Waals surface area contributed by atoms with Crippen molar-refractivity contribution in [2.75, 3.05) is 13.1 Å². The summed E-state index contributed by atoms with van der Waals surface area (Å²) >= 11 is 0. The zero-order chi connectivity index (χ0) is 39.0. The summed E-state index contributed by atoms with van der Waals surface area (Å²) in [6, 6.07) is 7.83. The van der Waals surface area contributed by atoms with Crippen molar-refractivity contribution in [1.29, 1.82) is 0 Å². The summed E-state index contributed by atoms with van der Waals surface area (Å²) < 4.78 is 161. The molecule has 5 rings (SSSR count). The molecule has 1 saturated carbocycles. The van der Waals surface area contributed by atoms with Gasteiger partial charge in [-0.25, -0.2) is 21.6 Å². The van der Waals surface area contributed by atoms with Crippen LogP contribution in [0.4, 0.5) is 39.5 Å². The number of benzene rings is 3. The second kappa shape index (κ2) is 15.0. The molecule has 1 N–H and O–H groups in total. The molecule has 1 aliphatic carbocycles. The maximum absolute atomic E-state index is 14.6. The SMILES string of the molecule is CC(=O)N1CCC(C(=O)N[C@H]2CC[C@@](c3ccc(C(OCc4c(F)cccc4F)(C(F)(F)F)C(F)(F)F)cc3)(S(=O)(=O)c3ccc(F)cc3)CC2)CC1. The number of nitrogens with one attached hydrogen (secondary N) is 1. The first-order valence-electron chi connectivity index (χ1n) is 16.6. The van der Waals surface area contributed by atoms with Crippen LogP contribution in [0.15, 0.2) is 71.6 Å². The third kappa shape index (κ3) is 7.64. The molecule has 288 valence electrons. The van der Waals surface area contributed by atoms with Crippen LogP contribution in [0.5, 0.6) is 0 Å². The highest BCUT2D eigenvalue weighted by atomic mass is 32.2. The average molecular weight is 779 g/mol. The summed E-state index contributed by atoms with van der Waals surface area (Å²) in [7, 11) is -4.52. The average Bonchev–Trinajstić information content (AvgIpc) is 3.09. The number of rotatable bonds is 9. The Hall–Kier alpha value is -4.12. The molecule has 1 saturated heterocycles. The number of hydrogen-bond acceptors (Lipinski definition) is 5. The Morgan fingerprint density at radius 1 is 0.811 bits per heavy atom. The maximum Gasteiger partial charge on any atom is 0.430 e. The standard InChI is InChI=1S/C36H35F9N2O5S/c1-22(48)47-19-15-23(16-20-47)32(49)46-27-13-17-33(18-14-27,53(50,51)28-11-9-26(37)10-12-28)24-5-7-25(8-6-24)34(35(40,41)42,36(43,44)45)52-21-29-30(38)3-2-4-31(29)39/h2-12,23,27H,13-21H2,1H3,(H,46,49)/t27-,33+. The summed E-state index contributed by atoms with van der Waals surface area (Å²) in [5.74, 6) is -4.42. The van der Waals surface area contributed by atoms with Gasteiger partial charge in [-0.15, -0.1) is 0 Å². The molecule has 3 aromatic rings. The lowest BCUT2D eigenvalue weighted by Crippen LogP contribution is -2.56. The molecule has 17 heteroatoms. The van der Waals surface area contributed by atoms with Crippen LogP contribution in [0.2, 0.25) is 0 Å². The number of carbonyl (C=O) groups is 2. The Labute approximate surface area is 299 Å². The van der Waals surface area contributed by atoms with Crippen molar-refractivity contribution < 1.29 is 62.3 Å². The Balaban J connectivity index is 1.48. The molecule has 0 bridgehead atoms. The number of carbonyl (C=O) groups excluding carboxylic acids is 2. The van der Waals surface area contributed by atoms with Crippen molar-refractivity contribution in [2.45, 2.75) is 85.7 Å². The highest BCUT2D eigenvalue weighted by Crippen LogP contribution is 2.54. The Morgan fingerprint density at radius 2 is 1.34 bits per heavy atom. The molecule has 53 heavy (non-hydrogen) atoms. The molecule has 2 amide bonds. The van der Waals surface area contributed by atoms with Gasteiger partial charge in [-0.2, -0.15) is 26.3 Å². The van der Waals surface area contributed by atoms with E-state index in [-0.39, 0.29) is 48.0 Å². The van der Waals surface area contributed by atoms with E-state index in [0.717, 1.165) is 42.5 Å². The number of ether oxygens (including phenoxy) is 1. The minimum atomic E-state index is -6.22. The van der Waals surface area contributed by atoms with Gasteiger partial charge in [0, 0.05) is 43.1 Å². The van der Waals surface area contributed by atoms with Crippen molar-refractivity contribution in [2.24, 2.45) is 5.92 Å². The minimum absolute atomic E-state index is 0.0482. The second-order valence-electron chi connectivity index (χ2n) is 13.3. The third-order valence-electron chi connectivity index (χ3n) is 10.2. The molecule has 2 aliphatic rings. The van der Waals surface area contributed by atoms with E-state index < -0.39 is 79.7 Å². The smallest absolute Gasteiger partial charge is 0.353 e. The Bertz CT molecular complexity index is 1870. The fourth-order valence-electron chi connectivity index (χ4n) is 7.15. The molecule has 0 atom stereocenters. The molecule has 0 aromatic heterocycles. The molecule has 7 nitrogen and oxygen atoms in total. The molecule has 0 radical (unpaired) electrons. The van der Waals surface area contributed by atoms with Crippen molar-refractivity contribution in [1.82, 2.24) is 10.2 Å². The predicted octanol–water partition coefficient (Wildman–Crippen LogP) is 7.63. The number of alkyl halides is 6. The normalized spacial score (nSPS) is 20.6. The molecular weight excluding hydrogens is 743 g/mol. The summed E-state index contributed by atoms with van der Waals surface area (Å²) in [6.07, 6.45) is -12.0. The van der Waals surface area contributed by atoms with Crippen LogP contribution in [0.3, 0.4) is 0 Å². The minimum Gasteiger partial charge on any atom is -0.353 e. The Kier molecular flexibility index (Phi) is 11.3. The first kappa shape index (κ1) is 40.1. The van der Waals surface area contributed by atoms with E-state index in [2.05, 4.69) is 10.1 Å². The van der Waals surface area contributed by atoms with Gasteiger partial charge >= 0.3 is 12.4 Å². The van der Waals surface area contributed by atoms with E-state index >= 15 is 0 Å². The summed E-state index contributed by atoms with van der Waals surface area (Å²) in [4.78, 5) is 26.0. The van der Waals surface area contributed by atoms with Crippen LogP contribution >= 0.6 is 0 Å². The molecule has 3 aromatic carbocycles. The van der Waals surface area contributed by atoms with Gasteiger partial charge < -0.3 is 15.0 Å². The quantitative estimate of drug-likeness (QED) is 0.178. The Morgan fingerprint density at radius 3 is 1.83 bits per heavy atom. The number of hydrogen-bond donors (Lipinski definition) is 1. The zero-order valence-electron chi connectivity index (χ0n) is 28.2. The second-order valence-corrected chi connectivity index (χ2v) is 15.5. The number of sulfone groups is 1. The van der Waals surface area contributed by atoms with Crippen molar-refractivity contribution in [3.8, 4) is 0 Å². The predicted molar refractivity (Wildman–Crippen MR) is 172 cm³/mol. The van der Waals surface area contributed by atoms with Gasteiger partial charge in [0.15, 0.2) is 9.84 Å². The monoisotopic (exact) mass is 778 g/mol. The van der Waals surface area contributed by atoms with Gasteiger partial charge in [0.2, 0.25) is 11.8 Å². The summed E-state index contributed by atoms with van der Waals surface area (Å²) in [5, 5.41) is 2.91.